The predicted molar refractivity (Wildman–Crippen MR) is 80.0 cm³/mol. The first kappa shape index (κ1) is 13.2. The maximum Gasteiger partial charge on any atom is 0.269 e. The molecule has 0 fully saturated rings. The average molecular weight is 282 g/mol. The molecule has 0 aliphatic heterocycles. The Morgan fingerprint density at radius 1 is 1.24 bits per heavy atom. The van der Waals surface area contributed by atoms with Gasteiger partial charge in [0.1, 0.15) is 12.0 Å². The van der Waals surface area contributed by atoms with E-state index >= 15 is 0 Å². The quantitative estimate of drug-likeness (QED) is 0.543. The van der Waals surface area contributed by atoms with Crippen LogP contribution in [-0.2, 0) is 0 Å². The van der Waals surface area contributed by atoms with E-state index in [4.69, 9.17) is 0 Å². The van der Waals surface area contributed by atoms with Crippen molar-refractivity contribution in [1.29, 1.82) is 0 Å². The summed E-state index contributed by atoms with van der Waals surface area (Å²) in [7, 11) is 0. The van der Waals surface area contributed by atoms with Crippen molar-refractivity contribution in [2.45, 2.75) is 19.9 Å². The molecule has 0 aliphatic rings. The second-order valence-electron chi connectivity index (χ2n) is 5.11. The maximum atomic E-state index is 10.7. The lowest BCUT2D eigenvalue weighted by Gasteiger charge is -2.07. The lowest BCUT2D eigenvalue weighted by atomic mass is 10.1. The molecule has 0 radical (unpaired) electrons. The van der Waals surface area contributed by atoms with E-state index in [1.807, 2.05) is 6.20 Å². The number of non-ortho nitro benzene ring substituents is 1. The van der Waals surface area contributed by atoms with Gasteiger partial charge in [0.2, 0.25) is 0 Å². The van der Waals surface area contributed by atoms with Crippen molar-refractivity contribution in [2.75, 3.05) is 0 Å². The summed E-state index contributed by atoms with van der Waals surface area (Å²) < 4.78 is 2.08. The number of nitro benzene ring substituents is 1. The van der Waals surface area contributed by atoms with Gasteiger partial charge in [0.05, 0.1) is 4.92 Å². The van der Waals surface area contributed by atoms with Gasteiger partial charge in [-0.15, -0.1) is 0 Å². The van der Waals surface area contributed by atoms with E-state index in [0.717, 1.165) is 22.2 Å². The Morgan fingerprint density at radius 2 is 1.95 bits per heavy atom. The van der Waals surface area contributed by atoms with Crippen LogP contribution in [0.2, 0.25) is 0 Å². The highest BCUT2D eigenvalue weighted by Crippen LogP contribution is 2.31. The summed E-state index contributed by atoms with van der Waals surface area (Å²) in [5, 5.41) is 11.7. The van der Waals surface area contributed by atoms with Gasteiger partial charge in [-0.25, -0.2) is 9.97 Å². The summed E-state index contributed by atoms with van der Waals surface area (Å²) in [5.74, 6) is 0. The molecule has 0 N–H and O–H groups in total. The molecule has 3 aromatic rings. The molecular weight excluding hydrogens is 268 g/mol. The Bertz CT molecular complexity index is 806. The van der Waals surface area contributed by atoms with Gasteiger partial charge in [-0.1, -0.05) is 0 Å². The SMILES string of the molecule is CC(C)n1cc(-c2ccc([N+](=O)[O-])cc2)c2cncnc21. The second-order valence-corrected chi connectivity index (χ2v) is 5.11. The lowest BCUT2D eigenvalue weighted by molar-refractivity contribution is -0.384. The van der Waals surface area contributed by atoms with E-state index in [1.165, 1.54) is 18.5 Å². The van der Waals surface area contributed by atoms with Crippen LogP contribution in [0.15, 0.2) is 43.0 Å². The third kappa shape index (κ3) is 2.24. The molecule has 2 aromatic heterocycles. The Labute approximate surface area is 121 Å². The molecule has 0 unspecified atom stereocenters. The van der Waals surface area contributed by atoms with Gasteiger partial charge in [-0.2, -0.15) is 0 Å². The molecular formula is C15H14N4O2. The van der Waals surface area contributed by atoms with Crippen LogP contribution in [0, 0.1) is 10.1 Å². The van der Waals surface area contributed by atoms with Crippen LogP contribution in [0.3, 0.4) is 0 Å². The smallest absolute Gasteiger partial charge is 0.269 e. The zero-order valence-electron chi connectivity index (χ0n) is 11.7. The van der Waals surface area contributed by atoms with Crippen molar-refractivity contribution in [2.24, 2.45) is 0 Å². The zero-order valence-corrected chi connectivity index (χ0v) is 11.7. The summed E-state index contributed by atoms with van der Waals surface area (Å²) in [6.45, 7) is 4.17. The van der Waals surface area contributed by atoms with Gasteiger partial charge in [0.25, 0.3) is 5.69 Å². The molecule has 0 saturated heterocycles. The normalized spacial score (nSPS) is 11.2. The van der Waals surface area contributed by atoms with Gasteiger partial charge < -0.3 is 4.57 Å². The average Bonchev–Trinajstić information content (AvgIpc) is 2.87. The highest BCUT2D eigenvalue weighted by atomic mass is 16.6. The molecule has 3 rings (SSSR count). The molecule has 0 amide bonds. The number of nitro groups is 1. The molecule has 2 heterocycles. The van der Waals surface area contributed by atoms with Crippen LogP contribution < -0.4 is 0 Å². The van der Waals surface area contributed by atoms with Crippen LogP contribution in [0.25, 0.3) is 22.2 Å². The molecule has 0 saturated carbocycles. The highest BCUT2D eigenvalue weighted by Gasteiger charge is 2.14. The number of benzene rings is 1. The molecule has 6 nitrogen and oxygen atoms in total. The largest absolute Gasteiger partial charge is 0.329 e. The van der Waals surface area contributed by atoms with E-state index < -0.39 is 4.92 Å². The van der Waals surface area contributed by atoms with Crippen LogP contribution in [-0.4, -0.2) is 19.5 Å². The van der Waals surface area contributed by atoms with E-state index in [-0.39, 0.29) is 11.7 Å². The zero-order chi connectivity index (χ0) is 15.0. The number of hydrogen-bond donors (Lipinski definition) is 0. The van der Waals surface area contributed by atoms with Gasteiger partial charge in [-0.3, -0.25) is 10.1 Å². The fourth-order valence-electron chi connectivity index (χ4n) is 2.38. The lowest BCUT2D eigenvalue weighted by Crippen LogP contribution is -1.99. The monoisotopic (exact) mass is 282 g/mol. The molecule has 106 valence electrons. The minimum absolute atomic E-state index is 0.0857. The third-order valence-corrected chi connectivity index (χ3v) is 3.44. The molecule has 0 spiro atoms. The molecule has 0 aliphatic carbocycles. The summed E-state index contributed by atoms with van der Waals surface area (Å²) in [5.41, 5.74) is 2.85. The van der Waals surface area contributed by atoms with Crippen LogP contribution >= 0.6 is 0 Å². The first-order chi connectivity index (χ1) is 10.1. The first-order valence-corrected chi connectivity index (χ1v) is 6.63. The van der Waals surface area contributed by atoms with Crippen molar-refractivity contribution in [3.8, 4) is 11.1 Å². The number of nitrogens with zero attached hydrogens (tertiary/aromatic N) is 4. The summed E-state index contributed by atoms with van der Waals surface area (Å²) in [6, 6.07) is 6.80. The van der Waals surface area contributed by atoms with Gasteiger partial charge in [0, 0.05) is 41.5 Å². The summed E-state index contributed by atoms with van der Waals surface area (Å²) in [4.78, 5) is 18.8. The van der Waals surface area contributed by atoms with Gasteiger partial charge in [-0.05, 0) is 31.5 Å². The second kappa shape index (κ2) is 4.97. The molecule has 0 atom stereocenters. The fraction of sp³-hybridized carbons (Fsp3) is 0.200. The van der Waals surface area contributed by atoms with Crippen molar-refractivity contribution in [3.05, 3.63) is 53.1 Å². The van der Waals surface area contributed by atoms with Gasteiger partial charge in [0.15, 0.2) is 0 Å². The van der Waals surface area contributed by atoms with E-state index in [2.05, 4.69) is 28.4 Å². The Balaban J connectivity index is 2.18. The van der Waals surface area contributed by atoms with Crippen molar-refractivity contribution in [1.82, 2.24) is 14.5 Å². The van der Waals surface area contributed by atoms with Crippen LogP contribution in [0.4, 0.5) is 5.69 Å². The minimum Gasteiger partial charge on any atom is -0.329 e. The Hall–Kier alpha value is -2.76. The number of hydrogen-bond acceptors (Lipinski definition) is 4. The van der Waals surface area contributed by atoms with E-state index in [0.29, 0.717) is 0 Å². The number of aromatic nitrogens is 3. The van der Waals surface area contributed by atoms with Crippen molar-refractivity contribution < 1.29 is 4.92 Å². The fourth-order valence-corrected chi connectivity index (χ4v) is 2.38. The van der Waals surface area contributed by atoms with Crippen molar-refractivity contribution in [3.63, 3.8) is 0 Å². The molecule has 6 heteroatoms. The maximum absolute atomic E-state index is 10.7. The first-order valence-electron chi connectivity index (χ1n) is 6.63. The summed E-state index contributed by atoms with van der Waals surface area (Å²) >= 11 is 0. The summed E-state index contributed by atoms with van der Waals surface area (Å²) in [6.07, 6.45) is 5.32. The van der Waals surface area contributed by atoms with Crippen molar-refractivity contribution >= 4 is 16.7 Å². The standard InChI is InChI=1S/C15H14N4O2/c1-10(2)18-8-14(13-7-16-9-17-15(13)18)11-3-5-12(6-4-11)19(20)21/h3-10H,1-2H3. The van der Waals surface area contributed by atoms with Gasteiger partial charge >= 0.3 is 0 Å². The molecule has 0 bridgehead atoms. The minimum atomic E-state index is -0.399. The molecule has 1 aromatic carbocycles. The van der Waals surface area contributed by atoms with E-state index in [1.54, 1.807) is 18.3 Å². The van der Waals surface area contributed by atoms with Crippen LogP contribution in [0.5, 0.6) is 0 Å². The highest BCUT2D eigenvalue weighted by molar-refractivity contribution is 5.93. The topological polar surface area (TPSA) is 73.8 Å². The molecule has 21 heavy (non-hydrogen) atoms. The Kier molecular flexibility index (Phi) is 3.13. The predicted octanol–water partition coefficient (Wildman–Crippen LogP) is 3.59. The number of rotatable bonds is 3. The van der Waals surface area contributed by atoms with Crippen LogP contribution in [0.1, 0.15) is 19.9 Å². The van der Waals surface area contributed by atoms with E-state index in [9.17, 15) is 10.1 Å². The Morgan fingerprint density at radius 3 is 2.57 bits per heavy atom. The number of fused-ring (bicyclic) bond motifs is 1. The third-order valence-electron chi connectivity index (χ3n) is 3.44.